The highest BCUT2D eigenvalue weighted by Crippen LogP contribution is 2.38. The molecule has 0 aromatic heterocycles. The molecule has 0 aliphatic carbocycles. The summed E-state index contributed by atoms with van der Waals surface area (Å²) >= 11 is 0. The van der Waals surface area contributed by atoms with E-state index in [-0.39, 0.29) is 29.5 Å². The summed E-state index contributed by atoms with van der Waals surface area (Å²) in [6.45, 7) is 12.6. The number of carbonyl (C=O) groups excluding carboxylic acids is 1. The van der Waals surface area contributed by atoms with Crippen molar-refractivity contribution in [3.63, 3.8) is 0 Å². The van der Waals surface area contributed by atoms with Crippen molar-refractivity contribution in [1.29, 1.82) is 0 Å². The summed E-state index contributed by atoms with van der Waals surface area (Å²) in [7, 11) is 0.0885. The molecule has 0 aromatic rings. The molecule has 0 saturated heterocycles. The van der Waals surface area contributed by atoms with Crippen LogP contribution in [-0.2, 0) is 23.3 Å². The third kappa shape index (κ3) is 7.05. The molecule has 22 heavy (non-hydrogen) atoms. The Morgan fingerprint density at radius 1 is 1.14 bits per heavy atom. The zero-order chi connectivity index (χ0) is 17.6. The Kier molecular flexibility index (Phi) is 8.74. The van der Waals surface area contributed by atoms with Crippen molar-refractivity contribution in [2.75, 3.05) is 20.4 Å². The predicted octanol–water partition coefficient (Wildman–Crippen LogP) is 3.49. The molecule has 0 bridgehead atoms. The monoisotopic (exact) mass is 352 g/mol. The molecule has 0 amide bonds. The van der Waals surface area contributed by atoms with Crippen LogP contribution in [-0.4, -0.2) is 46.4 Å². The summed E-state index contributed by atoms with van der Waals surface area (Å²) < 4.78 is 27.9. The molecule has 0 heterocycles. The van der Waals surface area contributed by atoms with E-state index in [0.717, 1.165) is 0 Å². The first-order chi connectivity index (χ1) is 9.90. The number of ether oxygens (including phenoxy) is 2. The number of methoxy groups -OCH3 is 2. The smallest absolute Gasteiger partial charge is 0.192 e. The van der Waals surface area contributed by atoms with Gasteiger partial charge in [-0.2, -0.15) is 0 Å². The van der Waals surface area contributed by atoms with E-state index < -0.39 is 22.6 Å². The molecule has 0 fully saturated rings. The molecule has 5 nitrogen and oxygen atoms in total. The van der Waals surface area contributed by atoms with E-state index in [0.29, 0.717) is 6.42 Å². The van der Waals surface area contributed by atoms with Crippen LogP contribution in [0.5, 0.6) is 0 Å². The van der Waals surface area contributed by atoms with Crippen molar-refractivity contribution in [3.8, 4) is 0 Å². The molecule has 0 aliphatic rings. The number of ketones is 1. The average molecular weight is 352 g/mol. The van der Waals surface area contributed by atoms with Gasteiger partial charge in [-0.1, -0.05) is 20.8 Å². The minimum atomic E-state index is -2.02. The highest BCUT2D eigenvalue weighted by Gasteiger charge is 2.41. The van der Waals surface area contributed by atoms with Gasteiger partial charge in [-0.25, -0.2) is 0 Å². The van der Waals surface area contributed by atoms with Gasteiger partial charge in [-0.05, 0) is 25.1 Å². The van der Waals surface area contributed by atoms with Crippen LogP contribution in [0.15, 0.2) is 0 Å². The van der Waals surface area contributed by atoms with Crippen LogP contribution in [0.25, 0.3) is 0 Å². The summed E-state index contributed by atoms with van der Waals surface area (Å²) in [5, 5.41) is 0.0502. The molecule has 0 aliphatic heterocycles. The molecule has 0 radical (unpaired) electrons. The van der Waals surface area contributed by atoms with Gasteiger partial charge in [0.15, 0.2) is 14.1 Å². The lowest BCUT2D eigenvalue weighted by Gasteiger charge is -2.41. The molecule has 0 saturated carbocycles. The molecule has 0 N–H and O–H groups in total. The Labute approximate surface area is 137 Å². The van der Waals surface area contributed by atoms with E-state index >= 15 is 0 Å². The molecule has 0 spiro atoms. The van der Waals surface area contributed by atoms with Crippen LogP contribution in [0.3, 0.4) is 0 Å². The van der Waals surface area contributed by atoms with Crippen LogP contribution in [0.4, 0.5) is 0 Å². The number of hydrogen-bond donors (Lipinski definition) is 0. The number of hydrogen-bond acceptors (Lipinski definition) is 5. The van der Waals surface area contributed by atoms with E-state index in [1.54, 1.807) is 14.2 Å². The van der Waals surface area contributed by atoms with Crippen molar-refractivity contribution in [2.45, 2.75) is 70.6 Å². The Morgan fingerprint density at radius 3 is 2.00 bits per heavy atom. The Morgan fingerprint density at radius 2 is 1.64 bits per heavy atom. The predicted molar refractivity (Wildman–Crippen MR) is 94.0 cm³/mol. The van der Waals surface area contributed by atoms with Gasteiger partial charge < -0.3 is 18.5 Å². The van der Waals surface area contributed by atoms with E-state index in [9.17, 15) is 9.36 Å². The largest absolute Gasteiger partial charge is 0.413 e. The fourth-order valence-electron chi connectivity index (χ4n) is 1.84. The fraction of sp³-hybridized carbons (Fsp3) is 0.933. The van der Waals surface area contributed by atoms with Crippen LogP contribution in [0.2, 0.25) is 18.1 Å². The first-order valence-corrected chi connectivity index (χ1v) is 11.8. The maximum Gasteiger partial charge on any atom is 0.192 e. The third-order valence-electron chi connectivity index (χ3n) is 4.50. The molecular formula is C15H33O5PSi. The van der Waals surface area contributed by atoms with Crippen LogP contribution in [0, 0.1) is 0 Å². The van der Waals surface area contributed by atoms with Gasteiger partial charge in [0.2, 0.25) is 0 Å². The standard InChI is InChI=1S/C15H33O5PSi/c1-14(2,3)22(7,8)20-13(9-12(16)11-21-17)10-15(4,18-5)19-6/h13H,9-11,21H2,1-8H3/t13-/m1/s1. The summed E-state index contributed by atoms with van der Waals surface area (Å²) in [4.78, 5) is 11.9. The van der Waals surface area contributed by atoms with Crippen molar-refractivity contribution in [1.82, 2.24) is 0 Å². The van der Waals surface area contributed by atoms with Gasteiger partial charge in [0.05, 0.1) is 20.7 Å². The summed E-state index contributed by atoms with van der Waals surface area (Å²) in [6.07, 6.45) is 0.564. The second kappa shape index (κ2) is 8.74. The SMILES string of the molecule is COC(C)(C[C@@H](CC(=O)C[PH2]=O)O[Si](C)(C)C(C)(C)C)OC. The van der Waals surface area contributed by atoms with Crippen molar-refractivity contribution >= 4 is 22.6 Å². The Hall–Kier alpha value is -0.00312. The zero-order valence-electron chi connectivity index (χ0n) is 15.3. The summed E-state index contributed by atoms with van der Waals surface area (Å²) in [5.74, 6) is -0.819. The molecule has 0 rings (SSSR count). The highest BCUT2D eigenvalue weighted by atomic mass is 31.1. The van der Waals surface area contributed by atoms with Gasteiger partial charge in [0.1, 0.15) is 5.78 Å². The van der Waals surface area contributed by atoms with Gasteiger partial charge >= 0.3 is 0 Å². The number of carbonyl (C=O) groups is 1. The quantitative estimate of drug-likeness (QED) is 0.342. The molecule has 0 aromatic carbocycles. The van der Waals surface area contributed by atoms with Crippen LogP contribution < -0.4 is 0 Å². The van der Waals surface area contributed by atoms with Gasteiger partial charge in [-0.3, -0.25) is 4.79 Å². The van der Waals surface area contributed by atoms with Crippen molar-refractivity contribution in [3.05, 3.63) is 0 Å². The lowest BCUT2D eigenvalue weighted by molar-refractivity contribution is -0.208. The van der Waals surface area contributed by atoms with Crippen molar-refractivity contribution in [2.24, 2.45) is 0 Å². The van der Waals surface area contributed by atoms with Gasteiger partial charge in [-0.15, -0.1) is 0 Å². The maximum absolute atomic E-state index is 11.9. The van der Waals surface area contributed by atoms with Crippen LogP contribution >= 0.6 is 8.46 Å². The second-order valence-electron chi connectivity index (χ2n) is 7.36. The molecule has 2 atom stereocenters. The first-order valence-electron chi connectivity index (χ1n) is 7.64. The fourth-order valence-corrected chi connectivity index (χ4v) is 3.55. The average Bonchev–Trinajstić information content (AvgIpc) is 2.36. The van der Waals surface area contributed by atoms with E-state index in [2.05, 4.69) is 33.9 Å². The summed E-state index contributed by atoms with van der Waals surface area (Å²) in [6, 6.07) is 0. The molecule has 7 heteroatoms. The summed E-state index contributed by atoms with van der Waals surface area (Å²) in [5.41, 5.74) is 0. The topological polar surface area (TPSA) is 61.8 Å². The van der Waals surface area contributed by atoms with E-state index in [4.69, 9.17) is 13.9 Å². The van der Waals surface area contributed by atoms with E-state index in [1.165, 1.54) is 0 Å². The van der Waals surface area contributed by atoms with Gasteiger partial charge in [0, 0.05) is 27.1 Å². The lowest BCUT2D eigenvalue weighted by atomic mass is 10.1. The minimum Gasteiger partial charge on any atom is -0.413 e. The third-order valence-corrected chi connectivity index (χ3v) is 9.65. The molecule has 132 valence electrons. The Balaban J connectivity index is 5.17. The number of Topliss-reactive ketones (excluding diaryl/α,β-unsaturated/α-hetero) is 1. The Bertz CT molecular complexity index is 375. The van der Waals surface area contributed by atoms with Crippen molar-refractivity contribution < 1.29 is 23.3 Å². The van der Waals surface area contributed by atoms with E-state index in [1.807, 2.05) is 6.92 Å². The molecule has 1 unspecified atom stereocenters. The van der Waals surface area contributed by atoms with Crippen LogP contribution in [0.1, 0.15) is 40.5 Å². The maximum atomic E-state index is 11.9. The second-order valence-corrected chi connectivity index (χ2v) is 12.9. The number of rotatable bonds is 10. The van der Waals surface area contributed by atoms with Gasteiger partial charge in [0.25, 0.3) is 0 Å². The first kappa shape index (κ1) is 22.0. The zero-order valence-corrected chi connectivity index (χ0v) is 17.5. The highest BCUT2D eigenvalue weighted by molar-refractivity contribution is 7.25. The lowest BCUT2D eigenvalue weighted by Crippen LogP contribution is -2.47. The molecular weight excluding hydrogens is 319 g/mol. The normalized spacial score (nSPS) is 15.5. The minimum absolute atomic E-state index is 0.0248.